The van der Waals surface area contributed by atoms with Crippen LogP contribution in [-0.4, -0.2) is 54.8 Å². The van der Waals surface area contributed by atoms with E-state index in [9.17, 15) is 14.4 Å². The van der Waals surface area contributed by atoms with Gasteiger partial charge in [-0.15, -0.1) is 0 Å². The summed E-state index contributed by atoms with van der Waals surface area (Å²) < 4.78 is 1.95. The van der Waals surface area contributed by atoms with E-state index in [2.05, 4.69) is 20.9 Å². The molecular formula is C22H21BrN4O3S. The standard InChI is InChI=1S/C22H21BrN4O3S/c1-25(2)11-12-26(22-24-17-8-5-15(23)13-18(17)31-22)21(30)14-3-6-16(7-4-14)27-19(28)9-10-20(27)29/h3-8,13H,9-12H2,1-2H3. The van der Waals surface area contributed by atoms with Gasteiger partial charge in [0.1, 0.15) is 0 Å². The van der Waals surface area contributed by atoms with Gasteiger partial charge in [-0.2, -0.15) is 0 Å². The van der Waals surface area contributed by atoms with Crippen molar-refractivity contribution >= 4 is 66.0 Å². The number of carbonyl (C=O) groups excluding carboxylic acids is 3. The number of aromatic nitrogens is 1. The Morgan fingerprint density at radius 1 is 1.06 bits per heavy atom. The van der Waals surface area contributed by atoms with Crippen molar-refractivity contribution < 1.29 is 14.4 Å². The molecule has 0 aliphatic carbocycles. The SMILES string of the molecule is CN(C)CCN(C(=O)c1ccc(N2C(=O)CCC2=O)cc1)c1nc2ccc(Br)cc2s1. The molecule has 160 valence electrons. The largest absolute Gasteiger partial charge is 0.308 e. The number of fused-ring (bicyclic) bond motifs is 1. The molecule has 1 aliphatic heterocycles. The molecule has 1 fully saturated rings. The van der Waals surface area contributed by atoms with E-state index in [1.165, 1.54) is 16.2 Å². The smallest absolute Gasteiger partial charge is 0.260 e. The van der Waals surface area contributed by atoms with Crippen LogP contribution < -0.4 is 9.80 Å². The number of hydrogen-bond donors (Lipinski definition) is 0. The molecule has 1 saturated heterocycles. The maximum atomic E-state index is 13.4. The summed E-state index contributed by atoms with van der Waals surface area (Å²) in [6.07, 6.45) is 0.455. The summed E-state index contributed by atoms with van der Waals surface area (Å²) in [5, 5.41) is 0.633. The fraction of sp³-hybridized carbons (Fsp3) is 0.273. The van der Waals surface area contributed by atoms with E-state index in [4.69, 9.17) is 0 Å². The van der Waals surface area contributed by atoms with Crippen LogP contribution >= 0.6 is 27.3 Å². The first-order valence-electron chi connectivity index (χ1n) is 9.82. The van der Waals surface area contributed by atoms with Crippen molar-refractivity contribution in [2.75, 3.05) is 37.0 Å². The Morgan fingerprint density at radius 2 is 1.74 bits per heavy atom. The third-order valence-electron chi connectivity index (χ3n) is 5.01. The normalized spacial score (nSPS) is 14.1. The number of hydrogen-bond acceptors (Lipinski definition) is 6. The minimum absolute atomic E-state index is 0.175. The molecule has 9 heteroatoms. The van der Waals surface area contributed by atoms with Crippen LogP contribution in [-0.2, 0) is 9.59 Å². The van der Waals surface area contributed by atoms with E-state index in [-0.39, 0.29) is 30.6 Å². The molecule has 0 N–H and O–H groups in total. The van der Waals surface area contributed by atoms with Crippen LogP contribution in [0.2, 0.25) is 0 Å². The van der Waals surface area contributed by atoms with Crippen molar-refractivity contribution in [3.8, 4) is 0 Å². The van der Waals surface area contributed by atoms with Gasteiger partial charge < -0.3 is 4.90 Å². The Bertz CT molecular complexity index is 1140. The van der Waals surface area contributed by atoms with Gasteiger partial charge in [0.15, 0.2) is 5.13 Å². The van der Waals surface area contributed by atoms with Crippen LogP contribution in [0.15, 0.2) is 46.9 Å². The van der Waals surface area contributed by atoms with Gasteiger partial charge in [-0.25, -0.2) is 4.98 Å². The van der Waals surface area contributed by atoms with Crippen molar-refractivity contribution in [2.24, 2.45) is 0 Å². The van der Waals surface area contributed by atoms with Crippen LogP contribution in [0.25, 0.3) is 10.2 Å². The maximum absolute atomic E-state index is 13.4. The quantitative estimate of drug-likeness (QED) is 0.479. The average Bonchev–Trinajstić information content (AvgIpc) is 3.30. The highest BCUT2D eigenvalue weighted by molar-refractivity contribution is 9.10. The van der Waals surface area contributed by atoms with Gasteiger partial charge in [-0.1, -0.05) is 27.3 Å². The number of benzene rings is 2. The van der Waals surface area contributed by atoms with E-state index in [0.29, 0.717) is 29.5 Å². The molecule has 0 spiro atoms. The van der Waals surface area contributed by atoms with Gasteiger partial charge in [-0.3, -0.25) is 24.2 Å². The van der Waals surface area contributed by atoms with Crippen molar-refractivity contribution in [1.29, 1.82) is 0 Å². The van der Waals surface area contributed by atoms with E-state index in [1.54, 1.807) is 29.2 Å². The van der Waals surface area contributed by atoms with Crippen LogP contribution in [0, 0.1) is 0 Å². The van der Waals surface area contributed by atoms with Gasteiger partial charge >= 0.3 is 0 Å². The Hall–Kier alpha value is -2.62. The van der Waals surface area contributed by atoms with E-state index in [0.717, 1.165) is 14.7 Å². The van der Waals surface area contributed by atoms with Crippen LogP contribution in [0.5, 0.6) is 0 Å². The summed E-state index contributed by atoms with van der Waals surface area (Å²) >= 11 is 4.94. The first kappa shape index (κ1) is 21.6. The second kappa shape index (κ2) is 8.86. The molecule has 2 heterocycles. The third kappa shape index (κ3) is 4.53. The lowest BCUT2D eigenvalue weighted by atomic mass is 10.1. The number of imide groups is 1. The molecular weight excluding hydrogens is 480 g/mol. The summed E-state index contributed by atoms with van der Waals surface area (Å²) in [4.78, 5) is 46.9. The number of rotatable bonds is 6. The minimum atomic E-state index is -0.211. The summed E-state index contributed by atoms with van der Waals surface area (Å²) in [6.45, 7) is 1.16. The summed E-state index contributed by atoms with van der Waals surface area (Å²) in [7, 11) is 3.91. The van der Waals surface area contributed by atoms with Crippen LogP contribution in [0.3, 0.4) is 0 Å². The van der Waals surface area contributed by atoms with Crippen molar-refractivity contribution in [3.05, 3.63) is 52.5 Å². The second-order valence-electron chi connectivity index (χ2n) is 7.54. The number of likely N-dealkylation sites (N-methyl/N-ethyl adjacent to an activating group) is 1. The van der Waals surface area contributed by atoms with Gasteiger partial charge in [0.05, 0.1) is 15.9 Å². The molecule has 31 heavy (non-hydrogen) atoms. The third-order valence-corrected chi connectivity index (χ3v) is 6.54. The summed E-state index contributed by atoms with van der Waals surface area (Å²) in [5.74, 6) is -0.597. The predicted molar refractivity (Wildman–Crippen MR) is 126 cm³/mol. The lowest BCUT2D eigenvalue weighted by Gasteiger charge is -2.22. The average molecular weight is 501 g/mol. The van der Waals surface area contributed by atoms with Gasteiger partial charge in [0.25, 0.3) is 5.91 Å². The van der Waals surface area contributed by atoms with Crippen molar-refractivity contribution in [2.45, 2.75) is 12.8 Å². The fourth-order valence-corrected chi connectivity index (χ4v) is 4.90. The predicted octanol–water partition coefficient (Wildman–Crippen LogP) is 3.92. The number of anilines is 2. The molecule has 0 atom stereocenters. The van der Waals surface area contributed by atoms with E-state index >= 15 is 0 Å². The van der Waals surface area contributed by atoms with E-state index < -0.39 is 0 Å². The molecule has 1 aromatic heterocycles. The van der Waals surface area contributed by atoms with Crippen molar-refractivity contribution in [1.82, 2.24) is 9.88 Å². The zero-order valence-electron chi connectivity index (χ0n) is 17.2. The molecule has 1 aliphatic rings. The molecule has 0 bridgehead atoms. The zero-order valence-corrected chi connectivity index (χ0v) is 19.6. The van der Waals surface area contributed by atoms with E-state index in [1.807, 2.05) is 37.2 Å². The molecule has 4 rings (SSSR count). The minimum Gasteiger partial charge on any atom is -0.308 e. The Morgan fingerprint density at radius 3 is 2.39 bits per heavy atom. The maximum Gasteiger partial charge on any atom is 0.260 e. The Labute approximate surface area is 192 Å². The molecule has 0 radical (unpaired) electrons. The van der Waals surface area contributed by atoms with Crippen LogP contribution in [0.1, 0.15) is 23.2 Å². The lowest BCUT2D eigenvalue weighted by Crippen LogP contribution is -2.36. The molecule has 0 unspecified atom stereocenters. The topological polar surface area (TPSA) is 73.8 Å². The molecule has 2 aromatic carbocycles. The van der Waals surface area contributed by atoms with Gasteiger partial charge in [0, 0.05) is 36.0 Å². The highest BCUT2D eigenvalue weighted by Crippen LogP contribution is 2.32. The van der Waals surface area contributed by atoms with Crippen molar-refractivity contribution in [3.63, 3.8) is 0 Å². The summed E-state index contributed by atoms with van der Waals surface area (Å²) in [6, 6.07) is 12.4. The number of carbonyl (C=O) groups is 3. The highest BCUT2D eigenvalue weighted by atomic mass is 79.9. The lowest BCUT2D eigenvalue weighted by molar-refractivity contribution is -0.121. The Balaban J connectivity index is 1.63. The van der Waals surface area contributed by atoms with Crippen LogP contribution in [0.4, 0.5) is 10.8 Å². The zero-order chi connectivity index (χ0) is 22.1. The molecule has 0 saturated carbocycles. The fourth-order valence-electron chi connectivity index (χ4n) is 3.36. The Kier molecular flexibility index (Phi) is 6.17. The molecule has 3 aromatic rings. The number of amides is 3. The summed E-state index contributed by atoms with van der Waals surface area (Å²) in [5.41, 5.74) is 1.81. The number of nitrogens with zero attached hydrogens (tertiary/aromatic N) is 4. The second-order valence-corrected chi connectivity index (χ2v) is 9.46. The number of thiazole rings is 1. The molecule has 3 amide bonds. The van der Waals surface area contributed by atoms with Gasteiger partial charge in [0.2, 0.25) is 11.8 Å². The van der Waals surface area contributed by atoms with Gasteiger partial charge in [-0.05, 0) is 56.6 Å². The first-order valence-corrected chi connectivity index (χ1v) is 11.4. The highest BCUT2D eigenvalue weighted by Gasteiger charge is 2.30. The number of halogens is 1. The monoisotopic (exact) mass is 500 g/mol. The molecule has 7 nitrogen and oxygen atoms in total. The first-order chi connectivity index (χ1) is 14.8.